The topological polar surface area (TPSA) is 55.9 Å². The van der Waals surface area contributed by atoms with Crippen LogP contribution in [0.1, 0.15) is 18.3 Å². The smallest absolute Gasteiger partial charge is 0.181 e. The van der Waals surface area contributed by atoms with E-state index in [1.165, 1.54) is 6.39 Å². The Morgan fingerprint density at radius 3 is 2.94 bits per heavy atom. The van der Waals surface area contributed by atoms with Crippen molar-refractivity contribution in [1.82, 2.24) is 20.1 Å². The Bertz CT molecular complexity index is 472. The summed E-state index contributed by atoms with van der Waals surface area (Å²) in [6.45, 7) is 2.78. The molecule has 2 rings (SSSR count). The van der Waals surface area contributed by atoms with Gasteiger partial charge in [0.25, 0.3) is 0 Å². The first-order valence-electron chi connectivity index (χ1n) is 5.36. The van der Waals surface area contributed by atoms with Gasteiger partial charge in [0, 0.05) is 19.8 Å². The number of oxazole rings is 1. The van der Waals surface area contributed by atoms with Crippen LogP contribution in [0.3, 0.4) is 0 Å². The molecule has 0 aliphatic heterocycles. The van der Waals surface area contributed by atoms with E-state index in [0.717, 1.165) is 29.1 Å². The average Bonchev–Trinajstić information content (AvgIpc) is 2.84. The van der Waals surface area contributed by atoms with Gasteiger partial charge in [-0.2, -0.15) is 5.10 Å². The summed E-state index contributed by atoms with van der Waals surface area (Å²) >= 11 is 0. The fourth-order valence-electron chi connectivity index (χ4n) is 1.77. The summed E-state index contributed by atoms with van der Waals surface area (Å²) in [6.07, 6.45) is 4.34. The third kappa shape index (κ3) is 1.86. The molecule has 2 heterocycles. The van der Waals surface area contributed by atoms with Crippen LogP contribution in [0.2, 0.25) is 0 Å². The Hall–Kier alpha value is -1.62. The zero-order valence-electron chi connectivity index (χ0n) is 9.82. The number of hydrogen-bond donors (Lipinski definition) is 1. The molecule has 0 bridgehead atoms. The van der Waals surface area contributed by atoms with Crippen LogP contribution in [0.15, 0.2) is 17.0 Å². The van der Waals surface area contributed by atoms with Gasteiger partial charge in [0.2, 0.25) is 0 Å². The summed E-state index contributed by atoms with van der Waals surface area (Å²) in [5, 5.41) is 7.47. The normalized spacial score (nSPS) is 10.9. The first kappa shape index (κ1) is 10.9. The highest BCUT2D eigenvalue weighted by atomic mass is 16.3. The molecule has 0 amide bonds. The lowest BCUT2D eigenvalue weighted by Crippen LogP contribution is -2.06. The molecule has 2 aromatic rings. The summed E-state index contributed by atoms with van der Waals surface area (Å²) in [7, 11) is 3.80. The molecule has 0 radical (unpaired) electrons. The molecule has 1 N–H and O–H groups in total. The quantitative estimate of drug-likeness (QED) is 0.845. The van der Waals surface area contributed by atoms with E-state index in [9.17, 15) is 0 Å². The van der Waals surface area contributed by atoms with Crippen molar-refractivity contribution in [1.29, 1.82) is 0 Å². The van der Waals surface area contributed by atoms with Crippen molar-refractivity contribution < 1.29 is 4.42 Å². The van der Waals surface area contributed by atoms with Gasteiger partial charge in [0.15, 0.2) is 12.2 Å². The minimum Gasteiger partial charge on any atom is -0.443 e. The Balaban J connectivity index is 2.45. The van der Waals surface area contributed by atoms with Crippen molar-refractivity contribution in [2.45, 2.75) is 19.9 Å². The predicted octanol–water partition coefficient (Wildman–Crippen LogP) is 1.36. The van der Waals surface area contributed by atoms with E-state index in [1.54, 1.807) is 4.68 Å². The molecule has 16 heavy (non-hydrogen) atoms. The van der Waals surface area contributed by atoms with Crippen LogP contribution in [-0.2, 0) is 20.0 Å². The monoisotopic (exact) mass is 220 g/mol. The van der Waals surface area contributed by atoms with Crippen LogP contribution in [0.5, 0.6) is 0 Å². The highest BCUT2D eigenvalue weighted by molar-refractivity contribution is 5.61. The third-order valence-corrected chi connectivity index (χ3v) is 2.47. The Labute approximate surface area is 94.5 Å². The van der Waals surface area contributed by atoms with Crippen molar-refractivity contribution in [3.63, 3.8) is 0 Å². The number of rotatable bonds is 4. The summed E-state index contributed by atoms with van der Waals surface area (Å²) in [4.78, 5) is 4.20. The molecule has 0 aliphatic carbocycles. The minimum absolute atomic E-state index is 0.698. The maximum Gasteiger partial charge on any atom is 0.181 e. The molecule has 0 unspecified atom stereocenters. The molecule has 0 saturated heterocycles. The van der Waals surface area contributed by atoms with E-state index in [4.69, 9.17) is 4.42 Å². The molecule has 86 valence electrons. The molecular formula is C11H16N4O. The van der Waals surface area contributed by atoms with Crippen molar-refractivity contribution in [3.05, 3.63) is 24.0 Å². The van der Waals surface area contributed by atoms with E-state index in [0.29, 0.717) is 6.54 Å². The minimum atomic E-state index is 0.698. The van der Waals surface area contributed by atoms with Crippen molar-refractivity contribution >= 4 is 0 Å². The maximum absolute atomic E-state index is 5.45. The molecule has 0 aliphatic rings. The van der Waals surface area contributed by atoms with E-state index in [2.05, 4.69) is 22.3 Å². The zero-order valence-corrected chi connectivity index (χ0v) is 9.82. The van der Waals surface area contributed by atoms with Gasteiger partial charge >= 0.3 is 0 Å². The van der Waals surface area contributed by atoms with E-state index in [-0.39, 0.29) is 0 Å². The molecule has 0 spiro atoms. The van der Waals surface area contributed by atoms with E-state index in [1.807, 2.05) is 20.3 Å². The van der Waals surface area contributed by atoms with Gasteiger partial charge in [-0.3, -0.25) is 4.68 Å². The van der Waals surface area contributed by atoms with Gasteiger partial charge in [-0.15, -0.1) is 0 Å². The largest absolute Gasteiger partial charge is 0.443 e. The van der Waals surface area contributed by atoms with Gasteiger partial charge in [-0.05, 0) is 13.5 Å². The standard InChI is InChI=1S/C11H16N4O/c1-4-9-8(6-15(3)14-9)11-10(5-12-2)13-7-16-11/h6-7,12H,4-5H2,1-3H3. The number of nitrogens with one attached hydrogen (secondary N) is 1. The van der Waals surface area contributed by atoms with Crippen molar-refractivity contribution in [2.75, 3.05) is 7.05 Å². The lowest BCUT2D eigenvalue weighted by Gasteiger charge is -1.99. The van der Waals surface area contributed by atoms with Crippen molar-refractivity contribution in [2.24, 2.45) is 7.05 Å². The molecule has 5 nitrogen and oxygen atoms in total. The van der Waals surface area contributed by atoms with Crippen LogP contribution in [0.4, 0.5) is 0 Å². The molecule has 0 atom stereocenters. The molecule has 0 saturated carbocycles. The van der Waals surface area contributed by atoms with Crippen LogP contribution in [-0.4, -0.2) is 21.8 Å². The second kappa shape index (κ2) is 4.49. The Kier molecular flexibility index (Phi) is 3.05. The highest BCUT2D eigenvalue weighted by Crippen LogP contribution is 2.26. The van der Waals surface area contributed by atoms with Gasteiger partial charge < -0.3 is 9.73 Å². The van der Waals surface area contributed by atoms with Gasteiger partial charge in [0.05, 0.1) is 11.3 Å². The molecule has 5 heteroatoms. The Morgan fingerprint density at radius 1 is 1.44 bits per heavy atom. The van der Waals surface area contributed by atoms with E-state index >= 15 is 0 Å². The van der Waals surface area contributed by atoms with Crippen LogP contribution in [0.25, 0.3) is 11.3 Å². The Morgan fingerprint density at radius 2 is 2.25 bits per heavy atom. The van der Waals surface area contributed by atoms with Crippen LogP contribution >= 0.6 is 0 Å². The number of hydrogen-bond acceptors (Lipinski definition) is 4. The second-order valence-corrected chi connectivity index (χ2v) is 3.68. The highest BCUT2D eigenvalue weighted by Gasteiger charge is 2.16. The average molecular weight is 220 g/mol. The second-order valence-electron chi connectivity index (χ2n) is 3.68. The van der Waals surface area contributed by atoms with Gasteiger partial charge in [0.1, 0.15) is 5.69 Å². The predicted molar refractivity (Wildman–Crippen MR) is 60.8 cm³/mol. The summed E-state index contributed by atoms with van der Waals surface area (Å²) < 4.78 is 7.26. The van der Waals surface area contributed by atoms with Gasteiger partial charge in [-0.1, -0.05) is 6.92 Å². The molecule has 0 aromatic carbocycles. The first-order chi connectivity index (χ1) is 7.76. The summed E-state index contributed by atoms with van der Waals surface area (Å²) in [5.74, 6) is 0.819. The molecule has 2 aromatic heterocycles. The lowest BCUT2D eigenvalue weighted by atomic mass is 10.1. The van der Waals surface area contributed by atoms with Gasteiger partial charge in [-0.25, -0.2) is 4.98 Å². The number of aromatic nitrogens is 3. The van der Waals surface area contributed by atoms with Crippen molar-refractivity contribution in [3.8, 4) is 11.3 Å². The third-order valence-electron chi connectivity index (χ3n) is 2.47. The summed E-state index contributed by atoms with van der Waals surface area (Å²) in [5.41, 5.74) is 2.99. The fraction of sp³-hybridized carbons (Fsp3) is 0.455. The molecule has 0 fully saturated rings. The maximum atomic E-state index is 5.45. The van der Waals surface area contributed by atoms with E-state index < -0.39 is 0 Å². The molecular weight excluding hydrogens is 204 g/mol. The van der Waals surface area contributed by atoms with Crippen LogP contribution < -0.4 is 5.32 Å². The number of aryl methyl sites for hydroxylation is 2. The SMILES string of the molecule is CCc1nn(C)cc1-c1ocnc1CNC. The lowest BCUT2D eigenvalue weighted by molar-refractivity contribution is 0.569. The number of nitrogens with zero attached hydrogens (tertiary/aromatic N) is 3. The summed E-state index contributed by atoms with van der Waals surface area (Å²) in [6, 6.07) is 0. The zero-order chi connectivity index (χ0) is 11.5. The first-order valence-corrected chi connectivity index (χ1v) is 5.36. The fourth-order valence-corrected chi connectivity index (χ4v) is 1.77. The van der Waals surface area contributed by atoms with Crippen LogP contribution in [0, 0.1) is 0 Å².